The Hall–Kier alpha value is -3.47. The summed E-state index contributed by atoms with van der Waals surface area (Å²) >= 11 is 0. The molecule has 1 heterocycles. The normalized spacial score (nSPS) is 10.4. The molecule has 28 heavy (non-hydrogen) atoms. The molecule has 0 saturated heterocycles. The van der Waals surface area contributed by atoms with Crippen LogP contribution in [0.15, 0.2) is 73.1 Å². The topological polar surface area (TPSA) is 62.3 Å². The molecule has 1 N–H and O–H groups in total. The van der Waals surface area contributed by atoms with E-state index in [0.29, 0.717) is 24.2 Å². The number of nitrogens with zero attached hydrogens (tertiary/aromatic N) is 2. The number of aryl methyl sites for hydroxylation is 1. The molecule has 2 aromatic carbocycles. The van der Waals surface area contributed by atoms with Gasteiger partial charge in [-0.3, -0.25) is 14.6 Å². The highest BCUT2D eigenvalue weighted by Gasteiger charge is 2.17. The first kappa shape index (κ1) is 19.3. The lowest BCUT2D eigenvalue weighted by atomic mass is 10.1. The molecule has 2 amide bonds. The third-order valence-corrected chi connectivity index (χ3v) is 4.45. The van der Waals surface area contributed by atoms with Gasteiger partial charge in [0.1, 0.15) is 0 Å². The summed E-state index contributed by atoms with van der Waals surface area (Å²) in [6.45, 7) is 4.88. The van der Waals surface area contributed by atoms with Crippen LogP contribution in [0.4, 0.5) is 5.69 Å². The minimum absolute atomic E-state index is 0.128. The van der Waals surface area contributed by atoms with E-state index in [-0.39, 0.29) is 11.8 Å². The van der Waals surface area contributed by atoms with E-state index in [4.69, 9.17) is 0 Å². The molecular weight excluding hydrogens is 350 g/mol. The lowest BCUT2D eigenvalue weighted by molar-refractivity contribution is 0.0951. The fourth-order valence-corrected chi connectivity index (χ4v) is 2.97. The summed E-state index contributed by atoms with van der Waals surface area (Å²) in [6.07, 6.45) is 3.37. The number of aromatic nitrogens is 1. The zero-order chi connectivity index (χ0) is 19.9. The van der Waals surface area contributed by atoms with E-state index >= 15 is 0 Å². The van der Waals surface area contributed by atoms with E-state index in [9.17, 15) is 9.59 Å². The molecule has 0 aliphatic heterocycles. The van der Waals surface area contributed by atoms with E-state index in [1.807, 2.05) is 50.2 Å². The summed E-state index contributed by atoms with van der Waals surface area (Å²) < 4.78 is 0. The Morgan fingerprint density at radius 1 is 0.964 bits per heavy atom. The van der Waals surface area contributed by atoms with Crippen LogP contribution in [0.1, 0.15) is 38.8 Å². The second kappa shape index (κ2) is 8.95. The molecule has 5 heteroatoms. The fourth-order valence-electron chi connectivity index (χ4n) is 2.97. The van der Waals surface area contributed by atoms with Crippen LogP contribution in [-0.4, -0.2) is 23.3 Å². The van der Waals surface area contributed by atoms with Crippen molar-refractivity contribution in [2.75, 3.05) is 11.4 Å². The summed E-state index contributed by atoms with van der Waals surface area (Å²) in [5.41, 5.74) is 3.85. The third kappa shape index (κ3) is 4.62. The van der Waals surface area contributed by atoms with Gasteiger partial charge in [0.15, 0.2) is 0 Å². The molecule has 5 nitrogen and oxygen atoms in total. The van der Waals surface area contributed by atoms with Gasteiger partial charge in [-0.25, -0.2) is 0 Å². The number of carbonyl (C=O) groups excluding carboxylic acids is 2. The number of nitrogens with one attached hydrogen (secondary N) is 1. The predicted octanol–water partition coefficient (Wildman–Crippen LogP) is 3.99. The second-order valence-electron chi connectivity index (χ2n) is 6.51. The monoisotopic (exact) mass is 373 g/mol. The van der Waals surface area contributed by atoms with Crippen molar-refractivity contribution in [3.8, 4) is 0 Å². The van der Waals surface area contributed by atoms with Crippen molar-refractivity contribution in [3.05, 3.63) is 95.3 Å². The Labute approximate surface area is 165 Å². The number of hydrogen-bond donors (Lipinski definition) is 1. The van der Waals surface area contributed by atoms with Crippen molar-refractivity contribution in [2.24, 2.45) is 0 Å². The molecule has 0 atom stereocenters. The molecule has 142 valence electrons. The van der Waals surface area contributed by atoms with Gasteiger partial charge in [-0.2, -0.15) is 0 Å². The van der Waals surface area contributed by atoms with Gasteiger partial charge in [-0.1, -0.05) is 18.2 Å². The average molecular weight is 373 g/mol. The number of pyridine rings is 1. The summed E-state index contributed by atoms with van der Waals surface area (Å²) in [4.78, 5) is 31.2. The first-order valence-electron chi connectivity index (χ1n) is 9.24. The number of anilines is 1. The van der Waals surface area contributed by atoms with Gasteiger partial charge < -0.3 is 10.2 Å². The molecule has 0 saturated carbocycles. The van der Waals surface area contributed by atoms with Gasteiger partial charge in [-0.15, -0.1) is 0 Å². The number of rotatable bonds is 6. The standard InChI is InChI=1S/C23H23N3O2/c1-3-26(21-9-4-6-17(2)14-21)23(28)20-8-5-7-19(15-20)22(27)25-16-18-10-12-24-13-11-18/h4-15H,3,16H2,1-2H3,(H,25,27). The molecule has 0 aliphatic rings. The van der Waals surface area contributed by atoms with E-state index in [0.717, 1.165) is 16.8 Å². The molecule has 0 fully saturated rings. The predicted molar refractivity (Wildman–Crippen MR) is 110 cm³/mol. The van der Waals surface area contributed by atoms with Gasteiger partial charge in [0.25, 0.3) is 11.8 Å². The van der Waals surface area contributed by atoms with Crippen LogP contribution in [-0.2, 0) is 6.54 Å². The van der Waals surface area contributed by atoms with Crippen LogP contribution >= 0.6 is 0 Å². The fraction of sp³-hybridized carbons (Fsp3) is 0.174. The largest absolute Gasteiger partial charge is 0.348 e. The highest BCUT2D eigenvalue weighted by Crippen LogP contribution is 2.19. The van der Waals surface area contributed by atoms with Crippen LogP contribution in [0.25, 0.3) is 0 Å². The van der Waals surface area contributed by atoms with Crippen LogP contribution in [0, 0.1) is 6.92 Å². The molecular formula is C23H23N3O2. The summed E-state index contributed by atoms with van der Waals surface area (Å²) in [5.74, 6) is -0.345. The maximum atomic E-state index is 13.0. The zero-order valence-electron chi connectivity index (χ0n) is 16.1. The molecule has 0 bridgehead atoms. The highest BCUT2D eigenvalue weighted by atomic mass is 16.2. The lowest BCUT2D eigenvalue weighted by Crippen LogP contribution is -2.31. The summed E-state index contributed by atoms with van der Waals surface area (Å²) in [7, 11) is 0. The zero-order valence-corrected chi connectivity index (χ0v) is 16.1. The minimum Gasteiger partial charge on any atom is -0.348 e. The van der Waals surface area contributed by atoms with E-state index in [1.54, 1.807) is 41.6 Å². The van der Waals surface area contributed by atoms with Crippen molar-refractivity contribution < 1.29 is 9.59 Å². The lowest BCUT2D eigenvalue weighted by Gasteiger charge is -2.22. The molecule has 0 radical (unpaired) electrons. The number of amides is 2. The second-order valence-corrected chi connectivity index (χ2v) is 6.51. The molecule has 0 spiro atoms. The van der Waals surface area contributed by atoms with Crippen molar-refractivity contribution >= 4 is 17.5 Å². The molecule has 3 rings (SSSR count). The number of carbonyl (C=O) groups is 2. The van der Waals surface area contributed by atoms with Crippen LogP contribution in [0.5, 0.6) is 0 Å². The van der Waals surface area contributed by atoms with Crippen molar-refractivity contribution in [1.29, 1.82) is 0 Å². The van der Waals surface area contributed by atoms with E-state index < -0.39 is 0 Å². The maximum Gasteiger partial charge on any atom is 0.258 e. The van der Waals surface area contributed by atoms with Crippen molar-refractivity contribution in [1.82, 2.24) is 10.3 Å². The first-order valence-corrected chi connectivity index (χ1v) is 9.24. The SMILES string of the molecule is CCN(C(=O)c1cccc(C(=O)NCc2ccncc2)c1)c1cccc(C)c1. The van der Waals surface area contributed by atoms with E-state index in [2.05, 4.69) is 10.3 Å². The Morgan fingerprint density at radius 3 is 2.39 bits per heavy atom. The molecule has 1 aromatic heterocycles. The van der Waals surface area contributed by atoms with Gasteiger partial charge in [-0.05, 0) is 67.4 Å². The average Bonchev–Trinajstić information content (AvgIpc) is 2.73. The van der Waals surface area contributed by atoms with Crippen molar-refractivity contribution in [2.45, 2.75) is 20.4 Å². The summed E-state index contributed by atoms with van der Waals surface area (Å²) in [6, 6.07) is 18.3. The van der Waals surface area contributed by atoms with Crippen LogP contribution in [0.3, 0.4) is 0 Å². The van der Waals surface area contributed by atoms with E-state index in [1.165, 1.54) is 0 Å². The first-order chi connectivity index (χ1) is 13.6. The van der Waals surface area contributed by atoms with Gasteiger partial charge >= 0.3 is 0 Å². The van der Waals surface area contributed by atoms with Crippen LogP contribution in [0.2, 0.25) is 0 Å². The maximum absolute atomic E-state index is 13.0. The Morgan fingerprint density at radius 2 is 1.68 bits per heavy atom. The minimum atomic E-state index is -0.218. The Balaban J connectivity index is 1.76. The number of hydrogen-bond acceptors (Lipinski definition) is 3. The van der Waals surface area contributed by atoms with Crippen LogP contribution < -0.4 is 10.2 Å². The summed E-state index contributed by atoms with van der Waals surface area (Å²) in [5, 5.41) is 2.87. The van der Waals surface area contributed by atoms with Gasteiger partial charge in [0.2, 0.25) is 0 Å². The molecule has 0 aliphatic carbocycles. The Kier molecular flexibility index (Phi) is 6.17. The quantitative estimate of drug-likeness (QED) is 0.711. The third-order valence-electron chi connectivity index (χ3n) is 4.45. The van der Waals surface area contributed by atoms with Crippen molar-refractivity contribution in [3.63, 3.8) is 0 Å². The number of benzene rings is 2. The smallest absolute Gasteiger partial charge is 0.258 e. The molecule has 0 unspecified atom stereocenters. The molecule has 3 aromatic rings. The Bertz CT molecular complexity index is 970. The highest BCUT2D eigenvalue weighted by molar-refractivity contribution is 6.07. The van der Waals surface area contributed by atoms with Gasteiger partial charge in [0, 0.05) is 42.3 Å². The van der Waals surface area contributed by atoms with Gasteiger partial charge in [0.05, 0.1) is 0 Å².